The van der Waals surface area contributed by atoms with E-state index in [9.17, 15) is 0 Å². The molecule has 1 saturated heterocycles. The summed E-state index contributed by atoms with van der Waals surface area (Å²) in [5, 5.41) is 3.56. The predicted molar refractivity (Wildman–Crippen MR) is 64.6 cm³/mol. The number of methoxy groups -OCH3 is 1. The normalized spacial score (nSPS) is 35.4. The van der Waals surface area contributed by atoms with E-state index in [1.807, 2.05) is 7.11 Å². The van der Waals surface area contributed by atoms with Crippen LogP contribution in [0.4, 0.5) is 0 Å². The molecule has 1 saturated carbocycles. The number of hydrogen-bond donors (Lipinski definition) is 1. The lowest BCUT2D eigenvalue weighted by Gasteiger charge is -2.28. The smallest absolute Gasteiger partial charge is 0.0700 e. The summed E-state index contributed by atoms with van der Waals surface area (Å²) in [5.41, 5.74) is 0. The van der Waals surface area contributed by atoms with Gasteiger partial charge in [0.1, 0.15) is 0 Å². The van der Waals surface area contributed by atoms with E-state index in [4.69, 9.17) is 9.47 Å². The molecule has 0 aromatic heterocycles. The summed E-state index contributed by atoms with van der Waals surface area (Å²) in [6.45, 7) is 3.17. The lowest BCUT2D eigenvalue weighted by atomic mass is 9.87. The average Bonchev–Trinajstić information content (AvgIpc) is 2.83. The Kier molecular flexibility index (Phi) is 5.07. The summed E-state index contributed by atoms with van der Waals surface area (Å²) in [4.78, 5) is 0. The fourth-order valence-corrected chi connectivity index (χ4v) is 2.83. The molecule has 1 N–H and O–H groups in total. The van der Waals surface area contributed by atoms with Crippen LogP contribution in [0, 0.1) is 5.92 Å². The van der Waals surface area contributed by atoms with Crippen LogP contribution in [0.2, 0.25) is 0 Å². The van der Waals surface area contributed by atoms with Crippen molar-refractivity contribution in [2.75, 3.05) is 26.8 Å². The standard InChI is InChI=1S/C13H25NO2/c1-15-12-6-4-11(5-7-12)9-14-10-13-3-2-8-16-13/h11-14H,2-10H2,1H3/t11?,12?,13-/m1/s1. The van der Waals surface area contributed by atoms with Crippen LogP contribution in [0.1, 0.15) is 38.5 Å². The van der Waals surface area contributed by atoms with Crippen molar-refractivity contribution in [1.29, 1.82) is 0 Å². The number of ether oxygens (including phenoxy) is 2. The zero-order chi connectivity index (χ0) is 11.2. The van der Waals surface area contributed by atoms with Gasteiger partial charge in [-0.05, 0) is 51.0 Å². The molecule has 1 heterocycles. The fraction of sp³-hybridized carbons (Fsp3) is 1.00. The van der Waals surface area contributed by atoms with Gasteiger partial charge in [0.05, 0.1) is 12.2 Å². The summed E-state index contributed by atoms with van der Waals surface area (Å²) in [6.07, 6.45) is 8.60. The first-order chi connectivity index (χ1) is 7.88. The van der Waals surface area contributed by atoms with Gasteiger partial charge in [-0.1, -0.05) is 0 Å². The maximum atomic E-state index is 5.59. The Bertz CT molecular complexity index is 184. The topological polar surface area (TPSA) is 30.5 Å². The average molecular weight is 227 g/mol. The van der Waals surface area contributed by atoms with Gasteiger partial charge in [0.25, 0.3) is 0 Å². The van der Waals surface area contributed by atoms with Crippen LogP contribution in [0.3, 0.4) is 0 Å². The van der Waals surface area contributed by atoms with Crippen LogP contribution < -0.4 is 5.32 Å². The number of rotatable bonds is 5. The quantitative estimate of drug-likeness (QED) is 0.779. The van der Waals surface area contributed by atoms with Crippen molar-refractivity contribution in [1.82, 2.24) is 5.32 Å². The van der Waals surface area contributed by atoms with Gasteiger partial charge >= 0.3 is 0 Å². The Morgan fingerprint density at radius 2 is 1.94 bits per heavy atom. The number of nitrogens with one attached hydrogen (secondary N) is 1. The van der Waals surface area contributed by atoms with Crippen molar-refractivity contribution in [2.45, 2.75) is 50.7 Å². The summed E-state index contributed by atoms with van der Waals surface area (Å²) >= 11 is 0. The van der Waals surface area contributed by atoms with Crippen molar-refractivity contribution in [3.05, 3.63) is 0 Å². The van der Waals surface area contributed by atoms with E-state index in [2.05, 4.69) is 5.32 Å². The van der Waals surface area contributed by atoms with Gasteiger partial charge in [-0.2, -0.15) is 0 Å². The van der Waals surface area contributed by atoms with Crippen LogP contribution in [-0.4, -0.2) is 39.0 Å². The van der Waals surface area contributed by atoms with Crippen molar-refractivity contribution in [2.24, 2.45) is 5.92 Å². The third-order valence-corrected chi connectivity index (χ3v) is 3.96. The highest BCUT2D eigenvalue weighted by Gasteiger charge is 2.21. The third kappa shape index (κ3) is 3.72. The highest BCUT2D eigenvalue weighted by Crippen LogP contribution is 2.25. The van der Waals surface area contributed by atoms with Crippen LogP contribution in [0.25, 0.3) is 0 Å². The molecule has 0 unspecified atom stereocenters. The van der Waals surface area contributed by atoms with E-state index in [0.29, 0.717) is 12.2 Å². The molecule has 1 aliphatic heterocycles. The van der Waals surface area contributed by atoms with E-state index in [-0.39, 0.29) is 0 Å². The first-order valence-corrected chi connectivity index (χ1v) is 6.73. The van der Waals surface area contributed by atoms with E-state index in [0.717, 1.165) is 25.6 Å². The molecular formula is C13H25NO2. The zero-order valence-corrected chi connectivity index (χ0v) is 10.4. The van der Waals surface area contributed by atoms with Gasteiger partial charge in [0, 0.05) is 20.3 Å². The van der Waals surface area contributed by atoms with Crippen LogP contribution in [0.5, 0.6) is 0 Å². The van der Waals surface area contributed by atoms with Crippen LogP contribution in [-0.2, 0) is 9.47 Å². The van der Waals surface area contributed by atoms with Crippen LogP contribution >= 0.6 is 0 Å². The minimum absolute atomic E-state index is 0.482. The second-order valence-electron chi connectivity index (χ2n) is 5.17. The molecule has 1 aliphatic carbocycles. The van der Waals surface area contributed by atoms with E-state index >= 15 is 0 Å². The molecule has 3 nitrogen and oxygen atoms in total. The van der Waals surface area contributed by atoms with Gasteiger partial charge in [0.2, 0.25) is 0 Å². The van der Waals surface area contributed by atoms with Gasteiger partial charge in [0.15, 0.2) is 0 Å². The minimum atomic E-state index is 0.482. The van der Waals surface area contributed by atoms with E-state index in [1.54, 1.807) is 0 Å². The highest BCUT2D eigenvalue weighted by molar-refractivity contribution is 4.75. The fourth-order valence-electron chi connectivity index (χ4n) is 2.83. The van der Waals surface area contributed by atoms with Crippen molar-refractivity contribution in [3.8, 4) is 0 Å². The summed E-state index contributed by atoms with van der Waals surface area (Å²) in [6, 6.07) is 0. The molecule has 2 aliphatic rings. The molecule has 2 fully saturated rings. The van der Waals surface area contributed by atoms with Gasteiger partial charge in [-0.3, -0.25) is 0 Å². The minimum Gasteiger partial charge on any atom is -0.381 e. The number of hydrogen-bond acceptors (Lipinski definition) is 3. The molecule has 2 rings (SSSR count). The summed E-state index contributed by atoms with van der Waals surface area (Å²) < 4.78 is 11.0. The van der Waals surface area contributed by atoms with Crippen molar-refractivity contribution < 1.29 is 9.47 Å². The molecule has 1 atom stereocenters. The predicted octanol–water partition coefficient (Wildman–Crippen LogP) is 1.96. The Morgan fingerprint density at radius 3 is 2.56 bits per heavy atom. The van der Waals surface area contributed by atoms with Crippen molar-refractivity contribution >= 4 is 0 Å². The van der Waals surface area contributed by atoms with E-state index in [1.165, 1.54) is 38.5 Å². The third-order valence-electron chi connectivity index (χ3n) is 3.96. The Balaban J connectivity index is 1.53. The molecule has 3 heteroatoms. The molecule has 0 spiro atoms. The van der Waals surface area contributed by atoms with Gasteiger partial charge in [-0.25, -0.2) is 0 Å². The molecular weight excluding hydrogens is 202 g/mol. The molecule has 0 radical (unpaired) electrons. The Morgan fingerprint density at radius 1 is 1.12 bits per heavy atom. The van der Waals surface area contributed by atoms with Gasteiger partial charge < -0.3 is 14.8 Å². The van der Waals surface area contributed by atoms with Crippen LogP contribution in [0.15, 0.2) is 0 Å². The summed E-state index contributed by atoms with van der Waals surface area (Å²) in [7, 11) is 1.83. The molecule has 0 aromatic rings. The second-order valence-corrected chi connectivity index (χ2v) is 5.17. The maximum absolute atomic E-state index is 5.59. The molecule has 0 amide bonds. The largest absolute Gasteiger partial charge is 0.381 e. The molecule has 0 bridgehead atoms. The molecule has 0 aromatic carbocycles. The Labute approximate surface area is 98.9 Å². The highest BCUT2D eigenvalue weighted by atomic mass is 16.5. The van der Waals surface area contributed by atoms with Crippen molar-refractivity contribution in [3.63, 3.8) is 0 Å². The Hall–Kier alpha value is -0.120. The maximum Gasteiger partial charge on any atom is 0.0700 e. The first kappa shape index (κ1) is 12.3. The lowest BCUT2D eigenvalue weighted by molar-refractivity contribution is 0.0555. The monoisotopic (exact) mass is 227 g/mol. The van der Waals surface area contributed by atoms with E-state index < -0.39 is 0 Å². The first-order valence-electron chi connectivity index (χ1n) is 6.73. The molecule has 16 heavy (non-hydrogen) atoms. The second kappa shape index (κ2) is 6.58. The summed E-state index contributed by atoms with van der Waals surface area (Å²) in [5.74, 6) is 0.854. The molecule has 94 valence electrons. The lowest BCUT2D eigenvalue weighted by Crippen LogP contribution is -2.33. The SMILES string of the molecule is COC1CCC(CNC[C@H]2CCCO2)CC1. The van der Waals surface area contributed by atoms with Gasteiger partial charge in [-0.15, -0.1) is 0 Å². The zero-order valence-electron chi connectivity index (χ0n) is 10.4.